The standard InChI is InChI=1S/C19H21Cl2N/c1-12(2)22-17-10-15-5-3-13(8-16(15)11-17)7-14-4-6-18(20)19(21)9-14/h3-6,8-9,12,17,22H,7,10-11H2,1-2H3. The molecular weight excluding hydrogens is 313 g/mol. The van der Waals surface area contributed by atoms with E-state index >= 15 is 0 Å². The quantitative estimate of drug-likeness (QED) is 0.825. The van der Waals surface area contributed by atoms with E-state index in [1.165, 1.54) is 22.3 Å². The van der Waals surface area contributed by atoms with E-state index in [2.05, 4.69) is 37.4 Å². The lowest BCUT2D eigenvalue weighted by Gasteiger charge is -2.14. The van der Waals surface area contributed by atoms with Gasteiger partial charge < -0.3 is 5.32 Å². The summed E-state index contributed by atoms with van der Waals surface area (Å²) in [6.45, 7) is 4.41. The molecule has 2 aromatic carbocycles. The van der Waals surface area contributed by atoms with Crippen molar-refractivity contribution in [1.82, 2.24) is 5.32 Å². The minimum absolute atomic E-state index is 0.537. The third kappa shape index (κ3) is 3.65. The van der Waals surface area contributed by atoms with Crippen LogP contribution in [-0.4, -0.2) is 12.1 Å². The van der Waals surface area contributed by atoms with Crippen molar-refractivity contribution in [1.29, 1.82) is 0 Å². The molecule has 3 rings (SSSR count). The van der Waals surface area contributed by atoms with E-state index in [1.807, 2.05) is 18.2 Å². The number of hydrogen-bond acceptors (Lipinski definition) is 1. The molecule has 0 spiro atoms. The van der Waals surface area contributed by atoms with Gasteiger partial charge in [-0.15, -0.1) is 0 Å². The maximum atomic E-state index is 6.10. The molecule has 2 aromatic rings. The van der Waals surface area contributed by atoms with Crippen LogP contribution in [0.1, 0.15) is 36.1 Å². The molecule has 0 saturated carbocycles. The molecule has 116 valence electrons. The molecule has 0 aromatic heterocycles. The van der Waals surface area contributed by atoms with Crippen LogP contribution in [0.4, 0.5) is 0 Å². The van der Waals surface area contributed by atoms with Gasteiger partial charge in [0.25, 0.3) is 0 Å². The molecule has 1 nitrogen and oxygen atoms in total. The highest BCUT2D eigenvalue weighted by Crippen LogP contribution is 2.27. The average Bonchev–Trinajstić information content (AvgIpc) is 2.83. The highest BCUT2D eigenvalue weighted by atomic mass is 35.5. The fourth-order valence-corrected chi connectivity index (χ4v) is 3.58. The van der Waals surface area contributed by atoms with Crippen molar-refractivity contribution < 1.29 is 0 Å². The Balaban J connectivity index is 1.74. The van der Waals surface area contributed by atoms with Crippen molar-refractivity contribution in [3.8, 4) is 0 Å². The molecule has 1 N–H and O–H groups in total. The largest absolute Gasteiger partial charge is 0.311 e. The number of nitrogens with one attached hydrogen (secondary N) is 1. The first-order valence-corrected chi connectivity index (χ1v) is 8.57. The van der Waals surface area contributed by atoms with E-state index in [0.717, 1.165) is 19.3 Å². The van der Waals surface area contributed by atoms with Crippen LogP contribution in [-0.2, 0) is 19.3 Å². The Morgan fingerprint density at radius 1 is 0.955 bits per heavy atom. The van der Waals surface area contributed by atoms with Crippen molar-refractivity contribution in [2.45, 2.75) is 45.2 Å². The lowest BCUT2D eigenvalue weighted by molar-refractivity contribution is 0.478. The summed E-state index contributed by atoms with van der Waals surface area (Å²) in [6.07, 6.45) is 3.16. The van der Waals surface area contributed by atoms with Crippen LogP contribution in [0.15, 0.2) is 36.4 Å². The van der Waals surface area contributed by atoms with Crippen molar-refractivity contribution in [2.75, 3.05) is 0 Å². The Kier molecular flexibility index (Phi) is 4.77. The summed E-state index contributed by atoms with van der Waals surface area (Å²) in [5, 5.41) is 4.88. The summed E-state index contributed by atoms with van der Waals surface area (Å²) in [6, 6.07) is 13.9. The molecule has 0 amide bonds. The minimum Gasteiger partial charge on any atom is -0.311 e. The van der Waals surface area contributed by atoms with Gasteiger partial charge in [0.15, 0.2) is 0 Å². The van der Waals surface area contributed by atoms with Gasteiger partial charge >= 0.3 is 0 Å². The zero-order chi connectivity index (χ0) is 15.7. The van der Waals surface area contributed by atoms with Crippen molar-refractivity contribution in [2.24, 2.45) is 0 Å². The number of rotatable bonds is 4. The van der Waals surface area contributed by atoms with Gasteiger partial charge in [-0.05, 0) is 53.6 Å². The Bertz CT molecular complexity index is 679. The molecule has 1 aliphatic rings. The van der Waals surface area contributed by atoms with Gasteiger partial charge in [0.2, 0.25) is 0 Å². The maximum Gasteiger partial charge on any atom is 0.0595 e. The van der Waals surface area contributed by atoms with Gasteiger partial charge in [0.1, 0.15) is 0 Å². The zero-order valence-electron chi connectivity index (χ0n) is 13.0. The van der Waals surface area contributed by atoms with Crippen molar-refractivity contribution >= 4 is 23.2 Å². The van der Waals surface area contributed by atoms with E-state index in [4.69, 9.17) is 23.2 Å². The normalized spacial score (nSPS) is 17.0. The second-order valence-electron chi connectivity index (χ2n) is 6.45. The molecule has 3 heteroatoms. The van der Waals surface area contributed by atoms with Crippen LogP contribution in [0.2, 0.25) is 10.0 Å². The van der Waals surface area contributed by atoms with E-state index in [-0.39, 0.29) is 0 Å². The van der Waals surface area contributed by atoms with Crippen LogP contribution in [0, 0.1) is 0 Å². The Hall–Kier alpha value is -1.02. The van der Waals surface area contributed by atoms with Gasteiger partial charge in [-0.25, -0.2) is 0 Å². The topological polar surface area (TPSA) is 12.0 Å². The molecule has 0 heterocycles. The molecule has 0 bridgehead atoms. The highest BCUT2D eigenvalue weighted by Gasteiger charge is 2.21. The SMILES string of the molecule is CC(C)NC1Cc2ccc(Cc3ccc(Cl)c(Cl)c3)cc2C1. The monoisotopic (exact) mass is 333 g/mol. The first kappa shape index (κ1) is 15.9. The lowest BCUT2D eigenvalue weighted by Crippen LogP contribution is -2.35. The van der Waals surface area contributed by atoms with E-state index in [0.29, 0.717) is 22.1 Å². The molecule has 0 saturated heterocycles. The van der Waals surface area contributed by atoms with Crippen LogP contribution in [0.5, 0.6) is 0 Å². The van der Waals surface area contributed by atoms with Crippen LogP contribution < -0.4 is 5.32 Å². The van der Waals surface area contributed by atoms with Gasteiger partial charge in [0.05, 0.1) is 10.0 Å². The second-order valence-corrected chi connectivity index (χ2v) is 7.27. The predicted octanol–water partition coefficient (Wildman–Crippen LogP) is 5.05. The highest BCUT2D eigenvalue weighted by molar-refractivity contribution is 6.42. The summed E-state index contributed by atoms with van der Waals surface area (Å²) in [5.41, 5.74) is 5.50. The number of halogens is 2. The Morgan fingerprint density at radius 2 is 1.64 bits per heavy atom. The van der Waals surface area contributed by atoms with Crippen LogP contribution in [0.25, 0.3) is 0 Å². The summed E-state index contributed by atoms with van der Waals surface area (Å²) >= 11 is 12.1. The lowest BCUT2D eigenvalue weighted by atomic mass is 10.0. The minimum atomic E-state index is 0.537. The van der Waals surface area contributed by atoms with Crippen LogP contribution >= 0.6 is 23.2 Å². The smallest absolute Gasteiger partial charge is 0.0595 e. The Labute approximate surface area is 142 Å². The number of hydrogen-bond donors (Lipinski definition) is 1. The van der Waals surface area contributed by atoms with Gasteiger partial charge in [-0.2, -0.15) is 0 Å². The fourth-order valence-electron chi connectivity index (χ4n) is 3.26. The van der Waals surface area contributed by atoms with E-state index < -0.39 is 0 Å². The average molecular weight is 334 g/mol. The van der Waals surface area contributed by atoms with Crippen LogP contribution in [0.3, 0.4) is 0 Å². The predicted molar refractivity (Wildman–Crippen MR) is 95.2 cm³/mol. The summed E-state index contributed by atoms with van der Waals surface area (Å²) in [7, 11) is 0. The molecule has 1 unspecified atom stereocenters. The van der Waals surface area contributed by atoms with Gasteiger partial charge in [-0.3, -0.25) is 0 Å². The summed E-state index contributed by atoms with van der Waals surface area (Å²) in [5.74, 6) is 0. The Morgan fingerprint density at radius 3 is 2.36 bits per heavy atom. The third-order valence-corrected chi connectivity index (χ3v) is 4.90. The molecule has 22 heavy (non-hydrogen) atoms. The summed E-state index contributed by atoms with van der Waals surface area (Å²) in [4.78, 5) is 0. The maximum absolute atomic E-state index is 6.10. The van der Waals surface area contributed by atoms with Crippen molar-refractivity contribution in [3.05, 3.63) is 68.7 Å². The molecular formula is C19H21Cl2N. The van der Waals surface area contributed by atoms with Gasteiger partial charge in [-0.1, -0.05) is 61.3 Å². The molecule has 0 fully saturated rings. The van der Waals surface area contributed by atoms with Crippen molar-refractivity contribution in [3.63, 3.8) is 0 Å². The molecule has 0 radical (unpaired) electrons. The molecule has 0 aliphatic heterocycles. The second kappa shape index (κ2) is 6.62. The number of benzene rings is 2. The first-order valence-electron chi connectivity index (χ1n) is 7.82. The first-order chi connectivity index (χ1) is 10.5. The van der Waals surface area contributed by atoms with E-state index in [9.17, 15) is 0 Å². The van der Waals surface area contributed by atoms with Gasteiger partial charge in [0, 0.05) is 12.1 Å². The zero-order valence-corrected chi connectivity index (χ0v) is 14.5. The summed E-state index contributed by atoms with van der Waals surface area (Å²) < 4.78 is 0. The van der Waals surface area contributed by atoms with E-state index in [1.54, 1.807) is 0 Å². The number of fused-ring (bicyclic) bond motifs is 1. The molecule has 1 aliphatic carbocycles. The third-order valence-electron chi connectivity index (χ3n) is 4.16. The molecule has 1 atom stereocenters. The fraction of sp³-hybridized carbons (Fsp3) is 0.368.